The first kappa shape index (κ1) is 15.5. The lowest BCUT2D eigenvalue weighted by Crippen LogP contribution is -2.13. The first-order valence-corrected chi connectivity index (χ1v) is 8.43. The van der Waals surface area contributed by atoms with Crippen LogP contribution in [0.2, 0.25) is 5.15 Å². The molecule has 23 heavy (non-hydrogen) atoms. The number of aromatic nitrogens is 2. The SMILES string of the molecule is COc1nccc2cc(NS(=O)(=O)c3ccc(Cl)nc3)ccc12. The molecule has 1 aromatic carbocycles. The van der Waals surface area contributed by atoms with E-state index in [1.165, 1.54) is 25.4 Å². The number of ether oxygens (including phenoxy) is 1. The van der Waals surface area contributed by atoms with Gasteiger partial charge in [-0.2, -0.15) is 0 Å². The number of benzene rings is 1. The van der Waals surface area contributed by atoms with Gasteiger partial charge in [0, 0.05) is 23.5 Å². The molecule has 118 valence electrons. The number of sulfonamides is 1. The zero-order valence-electron chi connectivity index (χ0n) is 12.0. The van der Waals surface area contributed by atoms with Crippen molar-refractivity contribution in [2.24, 2.45) is 0 Å². The van der Waals surface area contributed by atoms with Crippen molar-refractivity contribution in [2.45, 2.75) is 4.90 Å². The molecule has 2 aromatic heterocycles. The number of hydrogen-bond donors (Lipinski definition) is 1. The molecule has 6 nitrogen and oxygen atoms in total. The van der Waals surface area contributed by atoms with E-state index >= 15 is 0 Å². The molecule has 0 aliphatic heterocycles. The summed E-state index contributed by atoms with van der Waals surface area (Å²) in [7, 11) is -2.20. The molecule has 0 spiro atoms. The molecule has 2 heterocycles. The molecule has 3 rings (SSSR count). The summed E-state index contributed by atoms with van der Waals surface area (Å²) in [5.74, 6) is 0.485. The molecule has 0 saturated heterocycles. The third-order valence-corrected chi connectivity index (χ3v) is 4.77. The standard InChI is InChI=1S/C15H12ClN3O3S/c1-22-15-13-4-2-11(8-10(13)6-7-17-15)19-23(20,21)12-3-5-14(16)18-9-12/h2-9,19H,1H3. The molecule has 0 bridgehead atoms. The highest BCUT2D eigenvalue weighted by Gasteiger charge is 2.15. The van der Waals surface area contributed by atoms with Crippen LogP contribution in [-0.2, 0) is 10.0 Å². The third-order valence-electron chi connectivity index (χ3n) is 3.18. The average molecular weight is 350 g/mol. The molecule has 0 saturated carbocycles. The maximum Gasteiger partial charge on any atom is 0.263 e. The molecule has 0 atom stereocenters. The van der Waals surface area contributed by atoms with Crippen molar-refractivity contribution < 1.29 is 13.2 Å². The number of hydrogen-bond acceptors (Lipinski definition) is 5. The lowest BCUT2D eigenvalue weighted by molar-refractivity contribution is 0.403. The Bertz CT molecular complexity index is 959. The van der Waals surface area contributed by atoms with E-state index in [1.54, 1.807) is 30.5 Å². The van der Waals surface area contributed by atoms with Crippen molar-refractivity contribution in [2.75, 3.05) is 11.8 Å². The highest BCUT2D eigenvalue weighted by molar-refractivity contribution is 7.92. The van der Waals surface area contributed by atoms with Crippen molar-refractivity contribution in [1.29, 1.82) is 0 Å². The Balaban J connectivity index is 1.96. The largest absolute Gasteiger partial charge is 0.481 e. The van der Waals surface area contributed by atoms with Gasteiger partial charge in [0.05, 0.1) is 7.11 Å². The number of pyridine rings is 2. The number of fused-ring (bicyclic) bond motifs is 1. The second-order valence-electron chi connectivity index (χ2n) is 4.68. The van der Waals surface area contributed by atoms with Crippen LogP contribution in [0.4, 0.5) is 5.69 Å². The predicted molar refractivity (Wildman–Crippen MR) is 88.4 cm³/mol. The van der Waals surface area contributed by atoms with Crippen molar-refractivity contribution in [3.05, 3.63) is 53.9 Å². The van der Waals surface area contributed by atoms with Gasteiger partial charge in [-0.25, -0.2) is 18.4 Å². The van der Waals surface area contributed by atoms with Gasteiger partial charge in [-0.05, 0) is 41.8 Å². The molecule has 8 heteroatoms. The summed E-state index contributed by atoms with van der Waals surface area (Å²) in [5, 5.41) is 1.84. The van der Waals surface area contributed by atoms with Crippen LogP contribution in [0.15, 0.2) is 53.7 Å². The molecule has 0 fully saturated rings. The zero-order valence-corrected chi connectivity index (χ0v) is 13.6. The summed E-state index contributed by atoms with van der Waals surface area (Å²) in [6.45, 7) is 0. The van der Waals surface area contributed by atoms with E-state index in [-0.39, 0.29) is 10.0 Å². The molecule has 1 N–H and O–H groups in total. The number of halogens is 1. The van der Waals surface area contributed by atoms with E-state index in [4.69, 9.17) is 16.3 Å². The Morgan fingerprint density at radius 3 is 2.65 bits per heavy atom. The summed E-state index contributed by atoms with van der Waals surface area (Å²) in [4.78, 5) is 7.92. The number of methoxy groups -OCH3 is 1. The Morgan fingerprint density at radius 2 is 1.96 bits per heavy atom. The molecule has 0 aliphatic carbocycles. The first-order valence-electron chi connectivity index (χ1n) is 6.57. The fraction of sp³-hybridized carbons (Fsp3) is 0.0667. The highest BCUT2D eigenvalue weighted by atomic mass is 35.5. The van der Waals surface area contributed by atoms with Crippen molar-refractivity contribution in [3.8, 4) is 5.88 Å². The lowest BCUT2D eigenvalue weighted by atomic mass is 10.1. The maximum atomic E-state index is 12.3. The van der Waals surface area contributed by atoms with E-state index in [0.717, 1.165) is 10.8 Å². The van der Waals surface area contributed by atoms with Gasteiger partial charge in [0.15, 0.2) is 0 Å². The Hall–Kier alpha value is -2.38. The third kappa shape index (κ3) is 3.20. The fourth-order valence-electron chi connectivity index (χ4n) is 2.11. The van der Waals surface area contributed by atoms with Crippen LogP contribution >= 0.6 is 11.6 Å². The molecular weight excluding hydrogens is 338 g/mol. The van der Waals surface area contributed by atoms with Crippen LogP contribution in [-0.4, -0.2) is 25.5 Å². The summed E-state index contributed by atoms with van der Waals surface area (Å²) in [6, 6.07) is 9.70. The molecule has 0 unspecified atom stereocenters. The monoisotopic (exact) mass is 349 g/mol. The molecule has 0 radical (unpaired) electrons. The van der Waals surface area contributed by atoms with Crippen molar-refractivity contribution >= 4 is 38.1 Å². The van der Waals surface area contributed by atoms with E-state index in [9.17, 15) is 8.42 Å². The van der Waals surface area contributed by atoms with Crippen molar-refractivity contribution in [1.82, 2.24) is 9.97 Å². The number of nitrogens with one attached hydrogen (secondary N) is 1. The minimum Gasteiger partial charge on any atom is -0.481 e. The Kier molecular flexibility index (Phi) is 4.06. The van der Waals surface area contributed by atoms with Gasteiger partial charge < -0.3 is 4.74 Å². The topological polar surface area (TPSA) is 81.2 Å². The quantitative estimate of drug-likeness (QED) is 0.732. The van der Waals surface area contributed by atoms with Gasteiger partial charge in [-0.15, -0.1) is 0 Å². The second kappa shape index (κ2) is 6.02. The van der Waals surface area contributed by atoms with E-state index in [0.29, 0.717) is 11.6 Å². The van der Waals surface area contributed by atoms with Crippen molar-refractivity contribution in [3.63, 3.8) is 0 Å². The average Bonchev–Trinajstić information content (AvgIpc) is 2.54. The number of rotatable bonds is 4. The van der Waals surface area contributed by atoms with Crippen LogP contribution in [0.5, 0.6) is 5.88 Å². The number of anilines is 1. The van der Waals surface area contributed by atoms with E-state index in [1.807, 2.05) is 0 Å². The van der Waals surface area contributed by atoms with E-state index in [2.05, 4.69) is 14.7 Å². The molecular formula is C15H12ClN3O3S. The lowest BCUT2D eigenvalue weighted by Gasteiger charge is -2.10. The summed E-state index contributed by atoms with van der Waals surface area (Å²) in [6.07, 6.45) is 2.81. The number of nitrogens with zero attached hydrogens (tertiary/aromatic N) is 2. The molecule has 3 aromatic rings. The normalized spacial score (nSPS) is 11.4. The van der Waals surface area contributed by atoms with Gasteiger partial charge in [0.2, 0.25) is 5.88 Å². The Labute approximate surface area is 138 Å². The van der Waals surface area contributed by atoms with Crippen LogP contribution in [0.3, 0.4) is 0 Å². The van der Waals surface area contributed by atoms with Gasteiger partial charge in [0.1, 0.15) is 10.0 Å². The van der Waals surface area contributed by atoms with Crippen LogP contribution < -0.4 is 9.46 Å². The maximum absolute atomic E-state index is 12.3. The summed E-state index contributed by atoms with van der Waals surface area (Å²) >= 11 is 5.67. The molecule has 0 amide bonds. The summed E-state index contributed by atoms with van der Waals surface area (Å²) < 4.78 is 32.4. The molecule has 0 aliphatic rings. The fourth-order valence-corrected chi connectivity index (χ4v) is 3.22. The van der Waals surface area contributed by atoms with Gasteiger partial charge in [-0.1, -0.05) is 11.6 Å². The van der Waals surface area contributed by atoms with Gasteiger partial charge >= 0.3 is 0 Å². The van der Waals surface area contributed by atoms with Gasteiger partial charge in [-0.3, -0.25) is 4.72 Å². The first-order chi connectivity index (χ1) is 11.0. The van der Waals surface area contributed by atoms with E-state index < -0.39 is 10.0 Å². The van der Waals surface area contributed by atoms with Crippen LogP contribution in [0, 0.1) is 0 Å². The predicted octanol–water partition coefficient (Wildman–Crippen LogP) is 3.09. The minimum absolute atomic E-state index is 0.0364. The van der Waals surface area contributed by atoms with Crippen LogP contribution in [0.25, 0.3) is 10.8 Å². The van der Waals surface area contributed by atoms with Gasteiger partial charge in [0.25, 0.3) is 10.0 Å². The smallest absolute Gasteiger partial charge is 0.263 e. The Morgan fingerprint density at radius 1 is 1.13 bits per heavy atom. The highest BCUT2D eigenvalue weighted by Crippen LogP contribution is 2.26. The van der Waals surface area contributed by atoms with Crippen LogP contribution in [0.1, 0.15) is 0 Å². The summed E-state index contributed by atoms with van der Waals surface area (Å²) in [5.41, 5.74) is 0.431. The minimum atomic E-state index is -3.73. The second-order valence-corrected chi connectivity index (χ2v) is 6.75. The zero-order chi connectivity index (χ0) is 16.4.